The summed E-state index contributed by atoms with van der Waals surface area (Å²) in [6.07, 6.45) is 8.97. The first-order valence-electron chi connectivity index (χ1n) is 12.4. The van der Waals surface area contributed by atoms with E-state index in [1.807, 2.05) is 0 Å². The van der Waals surface area contributed by atoms with Crippen molar-refractivity contribution < 1.29 is 0 Å². The summed E-state index contributed by atoms with van der Waals surface area (Å²) in [5.74, 6) is 0. The Labute approximate surface area is 214 Å². The van der Waals surface area contributed by atoms with E-state index >= 15 is 0 Å². The van der Waals surface area contributed by atoms with Crippen LogP contribution in [0.15, 0.2) is 97.1 Å². The number of fused-ring (bicyclic) bond motifs is 2. The molecule has 0 atom stereocenters. The summed E-state index contributed by atoms with van der Waals surface area (Å²) < 4.78 is 0. The Morgan fingerprint density at radius 2 is 0.694 bits per heavy atom. The molecule has 0 spiro atoms. The maximum Gasteiger partial charge on any atom is 0.0361 e. The van der Waals surface area contributed by atoms with Crippen LogP contribution in [-0.4, -0.2) is 28.2 Å². The highest BCUT2D eigenvalue weighted by atomic mass is 15.1. The smallest absolute Gasteiger partial charge is 0.0361 e. The minimum absolute atomic E-state index is 1.19. The quantitative estimate of drug-likeness (QED) is 0.182. The SMILES string of the molecule is CN(C)c1ccc(C=Cc2c3ccccc3c(C=Cc3ccc(N(C)C)cc3)c3ccccc23)cc1. The van der Waals surface area contributed by atoms with Crippen LogP contribution >= 0.6 is 0 Å². The van der Waals surface area contributed by atoms with Crippen LogP contribution in [0.2, 0.25) is 0 Å². The summed E-state index contributed by atoms with van der Waals surface area (Å²) in [7, 11) is 8.27. The Balaban J connectivity index is 1.61. The van der Waals surface area contributed by atoms with E-state index in [0.717, 1.165) is 0 Å². The monoisotopic (exact) mass is 468 g/mol. The average molecular weight is 469 g/mol. The van der Waals surface area contributed by atoms with Crippen molar-refractivity contribution in [1.29, 1.82) is 0 Å². The lowest BCUT2D eigenvalue weighted by Crippen LogP contribution is -2.07. The molecule has 178 valence electrons. The molecule has 0 N–H and O–H groups in total. The lowest BCUT2D eigenvalue weighted by molar-refractivity contribution is 1.13. The molecule has 36 heavy (non-hydrogen) atoms. The maximum atomic E-state index is 2.27. The Hall–Kier alpha value is -4.30. The lowest BCUT2D eigenvalue weighted by Gasteiger charge is -2.14. The standard InChI is InChI=1S/C34H32N2/c1-35(2)27-19-13-25(14-20-27)17-23-33-29-9-5-7-11-31(29)34(32-12-8-6-10-30(32)33)24-18-26-15-21-28(22-16-26)36(3)4/h5-24H,1-4H3. The number of benzene rings is 5. The maximum absolute atomic E-state index is 2.27. The van der Waals surface area contributed by atoms with Crippen LogP contribution in [-0.2, 0) is 0 Å². The van der Waals surface area contributed by atoms with E-state index < -0.39 is 0 Å². The fourth-order valence-electron chi connectivity index (χ4n) is 4.68. The van der Waals surface area contributed by atoms with Crippen molar-refractivity contribution in [2.24, 2.45) is 0 Å². The van der Waals surface area contributed by atoms with E-state index in [2.05, 4.69) is 159 Å². The average Bonchev–Trinajstić information content (AvgIpc) is 2.91. The van der Waals surface area contributed by atoms with Gasteiger partial charge in [-0.25, -0.2) is 0 Å². The van der Waals surface area contributed by atoms with E-state index in [4.69, 9.17) is 0 Å². The van der Waals surface area contributed by atoms with Crippen LogP contribution in [0.5, 0.6) is 0 Å². The van der Waals surface area contributed by atoms with Crippen LogP contribution < -0.4 is 9.80 Å². The van der Waals surface area contributed by atoms with E-state index in [9.17, 15) is 0 Å². The zero-order valence-electron chi connectivity index (χ0n) is 21.4. The van der Waals surface area contributed by atoms with Gasteiger partial charge >= 0.3 is 0 Å². The van der Waals surface area contributed by atoms with E-state index in [1.165, 1.54) is 55.2 Å². The molecule has 0 aromatic heterocycles. The van der Waals surface area contributed by atoms with Crippen LogP contribution in [0.25, 0.3) is 45.8 Å². The predicted octanol–water partition coefficient (Wildman–Crippen LogP) is 8.47. The molecule has 5 aromatic rings. The predicted molar refractivity (Wildman–Crippen MR) is 161 cm³/mol. The van der Waals surface area contributed by atoms with Crippen molar-refractivity contribution >= 4 is 57.2 Å². The Morgan fingerprint density at radius 3 is 0.972 bits per heavy atom. The summed E-state index contributed by atoms with van der Waals surface area (Å²) in [6, 6.07) is 34.8. The molecule has 0 saturated carbocycles. The second-order valence-electron chi connectivity index (χ2n) is 9.56. The first-order valence-corrected chi connectivity index (χ1v) is 12.4. The molecule has 0 bridgehead atoms. The highest BCUT2D eigenvalue weighted by Crippen LogP contribution is 2.35. The minimum Gasteiger partial charge on any atom is -0.378 e. The Kier molecular flexibility index (Phi) is 6.60. The van der Waals surface area contributed by atoms with Crippen molar-refractivity contribution in [1.82, 2.24) is 0 Å². The van der Waals surface area contributed by atoms with Gasteiger partial charge in [0, 0.05) is 39.6 Å². The lowest BCUT2D eigenvalue weighted by atomic mass is 9.91. The fourth-order valence-corrected chi connectivity index (χ4v) is 4.68. The highest BCUT2D eigenvalue weighted by molar-refractivity contribution is 6.14. The molecule has 2 heteroatoms. The van der Waals surface area contributed by atoms with Gasteiger partial charge in [-0.2, -0.15) is 0 Å². The molecule has 0 heterocycles. The molecule has 0 radical (unpaired) electrons. The van der Waals surface area contributed by atoms with Gasteiger partial charge in [0.25, 0.3) is 0 Å². The first-order chi connectivity index (χ1) is 17.5. The largest absolute Gasteiger partial charge is 0.378 e. The van der Waals surface area contributed by atoms with Crippen LogP contribution in [0.4, 0.5) is 11.4 Å². The molecule has 0 amide bonds. The van der Waals surface area contributed by atoms with Crippen molar-refractivity contribution in [3.8, 4) is 0 Å². The molecule has 0 saturated heterocycles. The van der Waals surface area contributed by atoms with Gasteiger partial charge in [0.15, 0.2) is 0 Å². The third-order valence-corrected chi connectivity index (χ3v) is 6.72. The minimum atomic E-state index is 1.19. The van der Waals surface area contributed by atoms with Crippen molar-refractivity contribution in [3.05, 3.63) is 119 Å². The first kappa shape index (κ1) is 23.4. The van der Waals surface area contributed by atoms with E-state index in [1.54, 1.807) is 0 Å². The van der Waals surface area contributed by atoms with E-state index in [-0.39, 0.29) is 0 Å². The molecule has 0 aliphatic carbocycles. The molecule has 5 aromatic carbocycles. The summed E-state index contributed by atoms with van der Waals surface area (Å²) >= 11 is 0. The van der Waals surface area contributed by atoms with E-state index in [0.29, 0.717) is 0 Å². The summed E-state index contributed by atoms with van der Waals surface area (Å²) in [5.41, 5.74) is 7.31. The van der Waals surface area contributed by atoms with Crippen LogP contribution in [0, 0.1) is 0 Å². The number of hydrogen-bond donors (Lipinski definition) is 0. The summed E-state index contributed by atoms with van der Waals surface area (Å²) in [4.78, 5) is 4.24. The fraction of sp³-hybridized carbons (Fsp3) is 0.118. The third-order valence-electron chi connectivity index (χ3n) is 6.72. The van der Waals surface area contributed by atoms with Crippen LogP contribution in [0.1, 0.15) is 22.3 Å². The van der Waals surface area contributed by atoms with Crippen molar-refractivity contribution in [2.45, 2.75) is 0 Å². The van der Waals surface area contributed by atoms with Crippen molar-refractivity contribution in [3.63, 3.8) is 0 Å². The zero-order valence-corrected chi connectivity index (χ0v) is 21.4. The van der Waals surface area contributed by atoms with Crippen molar-refractivity contribution in [2.75, 3.05) is 38.0 Å². The van der Waals surface area contributed by atoms with Gasteiger partial charge in [-0.3, -0.25) is 0 Å². The molecule has 0 fully saturated rings. The number of rotatable bonds is 6. The van der Waals surface area contributed by atoms with Gasteiger partial charge in [-0.15, -0.1) is 0 Å². The normalized spacial score (nSPS) is 11.7. The number of hydrogen-bond acceptors (Lipinski definition) is 2. The molecule has 0 unspecified atom stereocenters. The summed E-state index contributed by atoms with van der Waals surface area (Å²) in [6.45, 7) is 0. The summed E-state index contributed by atoms with van der Waals surface area (Å²) in [5, 5.41) is 5.06. The number of nitrogens with zero attached hydrogens (tertiary/aromatic N) is 2. The molecule has 0 aliphatic heterocycles. The van der Waals surface area contributed by atoms with Gasteiger partial charge in [0.2, 0.25) is 0 Å². The third kappa shape index (κ3) is 4.76. The van der Waals surface area contributed by atoms with Gasteiger partial charge in [0.1, 0.15) is 0 Å². The molecular weight excluding hydrogens is 436 g/mol. The Morgan fingerprint density at radius 1 is 0.389 bits per heavy atom. The Bertz CT molecular complexity index is 1380. The van der Waals surface area contributed by atoms with Crippen LogP contribution in [0.3, 0.4) is 0 Å². The molecule has 0 aliphatic rings. The van der Waals surface area contributed by atoms with Gasteiger partial charge < -0.3 is 9.80 Å². The van der Waals surface area contributed by atoms with Gasteiger partial charge in [-0.1, -0.05) is 97.1 Å². The second kappa shape index (κ2) is 10.1. The zero-order chi connectivity index (χ0) is 25.1. The highest BCUT2D eigenvalue weighted by Gasteiger charge is 2.10. The second-order valence-corrected chi connectivity index (χ2v) is 9.56. The molecule has 2 nitrogen and oxygen atoms in total. The topological polar surface area (TPSA) is 6.48 Å². The van der Waals surface area contributed by atoms with Gasteiger partial charge in [-0.05, 0) is 68.1 Å². The van der Waals surface area contributed by atoms with Gasteiger partial charge in [0.05, 0.1) is 0 Å². The number of anilines is 2. The molecule has 5 rings (SSSR count). The molecular formula is C34H32N2.